The molecular formula is C4H6N2O6S2. The topological polar surface area (TPSA) is 124 Å². The third-order valence-electron chi connectivity index (χ3n) is 0.633. The Balaban J connectivity index is 0.000000249. The number of hydrogen-bond donors (Lipinski definition) is 2. The Bertz CT molecular complexity index is 378. The van der Waals surface area contributed by atoms with Gasteiger partial charge in [0.05, 0.1) is 0 Å². The molecule has 0 aliphatic carbocycles. The van der Waals surface area contributed by atoms with Crippen LogP contribution < -0.4 is 0 Å². The van der Waals surface area contributed by atoms with E-state index in [2.05, 4.69) is 13.6 Å². The van der Waals surface area contributed by atoms with Crippen molar-refractivity contribution in [1.82, 2.24) is 9.97 Å². The van der Waals surface area contributed by atoms with Gasteiger partial charge in [0.15, 0.2) is 0 Å². The third-order valence-corrected chi connectivity index (χ3v) is 1.87. The Morgan fingerprint density at radius 2 is 1.71 bits per heavy atom. The Hall–Kier alpha value is -1.10. The normalized spacial score (nSPS) is 10.4. The molecule has 8 nitrogen and oxygen atoms in total. The lowest BCUT2D eigenvalue weighted by Crippen LogP contribution is -2.00. The van der Waals surface area contributed by atoms with Crippen LogP contribution in [0.2, 0.25) is 0 Å². The molecule has 0 unspecified atom stereocenters. The molecule has 0 amide bonds. The molecule has 0 radical (unpaired) electrons. The summed E-state index contributed by atoms with van der Waals surface area (Å²) >= 11 is 0. The van der Waals surface area contributed by atoms with E-state index in [4.69, 9.17) is 4.55 Å². The summed E-state index contributed by atoms with van der Waals surface area (Å²) in [6.45, 7) is 0. The fraction of sp³-hybridized carbons (Fsp3) is 0. The van der Waals surface area contributed by atoms with Crippen LogP contribution in [0.4, 0.5) is 0 Å². The summed E-state index contributed by atoms with van der Waals surface area (Å²) in [5, 5.41) is 0. The van der Waals surface area contributed by atoms with E-state index >= 15 is 0 Å². The molecule has 1 aromatic rings. The number of hydrogen-bond acceptors (Lipinski definition) is 7. The van der Waals surface area contributed by atoms with Crippen LogP contribution in [0, 0.1) is 0 Å². The minimum absolute atomic E-state index is 1.50. The van der Waals surface area contributed by atoms with Crippen molar-refractivity contribution in [3.05, 3.63) is 24.8 Å². The van der Waals surface area contributed by atoms with E-state index in [0.29, 0.717) is 0 Å². The van der Waals surface area contributed by atoms with E-state index in [9.17, 15) is 16.8 Å². The van der Waals surface area contributed by atoms with Gasteiger partial charge in [-0.05, 0) is 6.07 Å². The van der Waals surface area contributed by atoms with Crippen LogP contribution in [-0.2, 0) is 25.0 Å². The van der Waals surface area contributed by atoms with Gasteiger partial charge in [-0.1, -0.05) is 0 Å². The Morgan fingerprint density at radius 3 is 1.79 bits per heavy atom. The summed E-state index contributed by atoms with van der Waals surface area (Å²) in [7, 11) is -8.35. The molecule has 0 aliphatic rings. The van der Waals surface area contributed by atoms with Crippen molar-refractivity contribution in [3.8, 4) is 0 Å². The highest BCUT2D eigenvalue weighted by Gasteiger charge is 2.03. The molecule has 1 heterocycles. The van der Waals surface area contributed by atoms with Crippen LogP contribution in [0.3, 0.4) is 0 Å². The first-order chi connectivity index (χ1) is 6.42. The van der Waals surface area contributed by atoms with Crippen molar-refractivity contribution in [1.29, 1.82) is 0 Å². The molecule has 14 heavy (non-hydrogen) atoms. The standard InChI is InChI=1S/C4H4N2.H2O6S2/c1-2-5-4-6-3-1;1-7(2)6-8(3,4)5/h1-4H;7H,(H,3,4,5). The average Bonchev–Trinajstić information content (AvgIpc) is 2.03. The maximum Gasteiger partial charge on any atom is 0.411 e. The molecule has 0 saturated heterocycles. The van der Waals surface area contributed by atoms with Crippen molar-refractivity contribution in [2.45, 2.75) is 0 Å². The highest BCUT2D eigenvalue weighted by atomic mass is 32.3. The van der Waals surface area contributed by atoms with Crippen LogP contribution in [0.25, 0.3) is 0 Å². The molecule has 1 aromatic heterocycles. The van der Waals surface area contributed by atoms with Gasteiger partial charge >= 0.3 is 10.4 Å². The Kier molecular flexibility index (Phi) is 5.87. The highest BCUT2D eigenvalue weighted by molar-refractivity contribution is 7.89. The second-order valence-corrected chi connectivity index (χ2v) is 3.53. The lowest BCUT2D eigenvalue weighted by atomic mass is 10.7. The molecule has 0 bridgehead atoms. The van der Waals surface area contributed by atoms with E-state index < -0.39 is 21.4 Å². The van der Waals surface area contributed by atoms with Crippen LogP contribution in [0.1, 0.15) is 0 Å². The first kappa shape index (κ1) is 12.9. The maximum atomic E-state index is 9.39. The van der Waals surface area contributed by atoms with Gasteiger partial charge in [0.1, 0.15) is 6.33 Å². The monoisotopic (exact) mass is 242 g/mol. The van der Waals surface area contributed by atoms with Gasteiger partial charge in [-0.15, -0.1) is 3.63 Å². The predicted octanol–water partition coefficient (Wildman–Crippen LogP) is -1.19. The number of nitrogens with zero attached hydrogens (tertiary/aromatic N) is 2. The molecule has 0 aliphatic heterocycles. The molecule has 0 aromatic carbocycles. The first-order valence-corrected chi connectivity index (χ1v) is 5.39. The van der Waals surface area contributed by atoms with E-state index in [1.165, 1.54) is 6.33 Å². The SMILES string of the molecule is O=[SH](=O)OS(=O)(=O)O.c1cncnc1. The second-order valence-electron chi connectivity index (χ2n) is 1.63. The predicted molar refractivity (Wildman–Crippen MR) is 45.0 cm³/mol. The molecule has 80 valence electrons. The smallest absolute Gasteiger partial charge is 0.263 e. The van der Waals surface area contributed by atoms with Gasteiger partial charge in [0, 0.05) is 12.4 Å². The minimum atomic E-state index is -4.82. The maximum absolute atomic E-state index is 9.39. The van der Waals surface area contributed by atoms with Crippen LogP contribution in [0.5, 0.6) is 0 Å². The molecule has 1 N–H and O–H groups in total. The van der Waals surface area contributed by atoms with E-state index in [1.807, 2.05) is 0 Å². The van der Waals surface area contributed by atoms with Gasteiger partial charge in [0.25, 0.3) is 11.0 Å². The van der Waals surface area contributed by atoms with E-state index in [0.717, 1.165) is 0 Å². The zero-order valence-corrected chi connectivity index (χ0v) is 8.26. The zero-order valence-electron chi connectivity index (χ0n) is 6.55. The molecule has 0 fully saturated rings. The summed E-state index contributed by atoms with van der Waals surface area (Å²) in [5.41, 5.74) is 0. The fourth-order valence-electron chi connectivity index (χ4n) is 0.330. The van der Waals surface area contributed by atoms with Gasteiger partial charge in [-0.2, -0.15) is 8.42 Å². The van der Waals surface area contributed by atoms with Crippen molar-refractivity contribution in [2.75, 3.05) is 0 Å². The van der Waals surface area contributed by atoms with Crippen molar-refractivity contribution < 1.29 is 25.0 Å². The first-order valence-electron chi connectivity index (χ1n) is 2.93. The summed E-state index contributed by atoms with van der Waals surface area (Å²) in [4.78, 5) is 7.35. The van der Waals surface area contributed by atoms with Gasteiger partial charge in [-0.25, -0.2) is 18.4 Å². The molecule has 10 heteroatoms. The Morgan fingerprint density at radius 1 is 1.21 bits per heavy atom. The van der Waals surface area contributed by atoms with Crippen molar-refractivity contribution in [3.63, 3.8) is 0 Å². The highest BCUT2D eigenvalue weighted by Crippen LogP contribution is 1.82. The van der Waals surface area contributed by atoms with Crippen molar-refractivity contribution in [2.24, 2.45) is 0 Å². The van der Waals surface area contributed by atoms with Gasteiger partial charge < -0.3 is 0 Å². The Labute approximate surface area is 81.7 Å². The summed E-state index contributed by atoms with van der Waals surface area (Å²) in [6, 6.07) is 1.78. The molecule has 0 atom stereocenters. The average molecular weight is 242 g/mol. The molecular weight excluding hydrogens is 236 g/mol. The fourth-order valence-corrected chi connectivity index (χ4v) is 0.946. The molecule has 0 saturated carbocycles. The molecule has 1 rings (SSSR count). The van der Waals surface area contributed by atoms with Crippen LogP contribution >= 0.6 is 0 Å². The van der Waals surface area contributed by atoms with Crippen molar-refractivity contribution >= 4 is 21.4 Å². The van der Waals surface area contributed by atoms with Crippen LogP contribution in [0.15, 0.2) is 24.8 Å². The summed E-state index contributed by atoms with van der Waals surface area (Å²) in [5.74, 6) is 0. The molecule has 0 spiro atoms. The quantitative estimate of drug-likeness (QED) is 0.490. The zero-order chi connectivity index (χ0) is 11.0. The summed E-state index contributed by atoms with van der Waals surface area (Å²) < 4.78 is 47.8. The largest absolute Gasteiger partial charge is 0.411 e. The number of thiol groups is 1. The lowest BCUT2D eigenvalue weighted by molar-refractivity contribution is 0.391. The second kappa shape index (κ2) is 6.37. The van der Waals surface area contributed by atoms with Gasteiger partial charge in [0.2, 0.25) is 0 Å². The summed E-state index contributed by atoms with van der Waals surface area (Å²) in [6.07, 6.45) is 4.88. The van der Waals surface area contributed by atoms with Gasteiger partial charge in [-0.3, -0.25) is 4.55 Å². The number of rotatable bonds is 2. The van der Waals surface area contributed by atoms with Crippen LogP contribution in [-0.4, -0.2) is 31.4 Å². The van der Waals surface area contributed by atoms with E-state index in [-0.39, 0.29) is 0 Å². The third kappa shape index (κ3) is 10.9. The minimum Gasteiger partial charge on any atom is -0.263 e. The van der Waals surface area contributed by atoms with E-state index in [1.54, 1.807) is 18.5 Å². The lowest BCUT2D eigenvalue weighted by Gasteiger charge is -1.82. The number of aromatic nitrogens is 2.